The quantitative estimate of drug-likeness (QED) is 0.831. The van der Waals surface area contributed by atoms with Crippen LogP contribution in [0.25, 0.3) is 0 Å². The number of aryl methyl sites for hydroxylation is 1. The first-order chi connectivity index (χ1) is 9.77. The van der Waals surface area contributed by atoms with Crippen molar-refractivity contribution in [3.8, 4) is 0 Å². The highest BCUT2D eigenvalue weighted by molar-refractivity contribution is 5.31. The van der Waals surface area contributed by atoms with Crippen LogP contribution >= 0.6 is 0 Å². The van der Waals surface area contributed by atoms with E-state index in [-0.39, 0.29) is 6.10 Å². The van der Waals surface area contributed by atoms with Gasteiger partial charge in [0.15, 0.2) is 0 Å². The van der Waals surface area contributed by atoms with Crippen molar-refractivity contribution in [2.75, 3.05) is 7.05 Å². The summed E-state index contributed by atoms with van der Waals surface area (Å²) >= 11 is 0. The Morgan fingerprint density at radius 3 is 2.55 bits per heavy atom. The molecule has 3 rings (SSSR count). The van der Waals surface area contributed by atoms with E-state index < -0.39 is 0 Å². The standard InChI is InChI=1S/C18H27NO/c1-19(15-10-3-2-4-11-15)17-13-7-9-14-8-5-6-12-16(14)18(17)20/h5-6,8,12,15,17-18,20H,2-4,7,9-11,13H2,1H3. The van der Waals surface area contributed by atoms with E-state index >= 15 is 0 Å². The Bertz CT molecular complexity index is 439. The van der Waals surface area contributed by atoms with Crippen LogP contribution in [-0.4, -0.2) is 29.1 Å². The van der Waals surface area contributed by atoms with Gasteiger partial charge in [-0.3, -0.25) is 4.90 Å². The fraction of sp³-hybridized carbons (Fsp3) is 0.667. The molecule has 2 heteroatoms. The Morgan fingerprint density at radius 2 is 1.75 bits per heavy atom. The fourth-order valence-electron chi connectivity index (χ4n) is 4.10. The monoisotopic (exact) mass is 273 g/mol. The van der Waals surface area contributed by atoms with Gasteiger partial charge in [0.1, 0.15) is 0 Å². The van der Waals surface area contributed by atoms with Crippen LogP contribution in [0.15, 0.2) is 24.3 Å². The molecule has 0 aromatic heterocycles. The highest BCUT2D eigenvalue weighted by Gasteiger charge is 2.32. The summed E-state index contributed by atoms with van der Waals surface area (Å²) in [6.07, 6.45) is 9.81. The molecule has 2 unspecified atom stereocenters. The van der Waals surface area contributed by atoms with Crippen molar-refractivity contribution in [1.82, 2.24) is 4.90 Å². The van der Waals surface area contributed by atoms with Gasteiger partial charge in [0.2, 0.25) is 0 Å². The summed E-state index contributed by atoms with van der Waals surface area (Å²) in [5.41, 5.74) is 2.51. The summed E-state index contributed by atoms with van der Waals surface area (Å²) < 4.78 is 0. The van der Waals surface area contributed by atoms with Gasteiger partial charge in [0.25, 0.3) is 0 Å². The smallest absolute Gasteiger partial charge is 0.0947 e. The predicted octanol–water partition coefficient (Wildman–Crippen LogP) is 3.69. The molecular weight excluding hydrogens is 246 g/mol. The van der Waals surface area contributed by atoms with Crippen LogP contribution in [0.2, 0.25) is 0 Å². The zero-order chi connectivity index (χ0) is 13.9. The van der Waals surface area contributed by atoms with Crippen LogP contribution in [-0.2, 0) is 6.42 Å². The highest BCUT2D eigenvalue weighted by atomic mass is 16.3. The first-order valence-corrected chi connectivity index (χ1v) is 8.25. The normalized spacial score (nSPS) is 28.1. The minimum Gasteiger partial charge on any atom is -0.387 e. The number of rotatable bonds is 2. The van der Waals surface area contributed by atoms with E-state index in [0.29, 0.717) is 12.1 Å². The minimum atomic E-state index is -0.319. The Labute approximate surface area is 122 Å². The number of hydrogen-bond acceptors (Lipinski definition) is 2. The maximum absolute atomic E-state index is 10.9. The summed E-state index contributed by atoms with van der Waals surface area (Å²) in [6, 6.07) is 9.42. The summed E-state index contributed by atoms with van der Waals surface area (Å²) in [5, 5.41) is 10.9. The number of likely N-dealkylation sites (N-methyl/N-ethyl adjacent to an activating group) is 1. The van der Waals surface area contributed by atoms with Gasteiger partial charge in [-0.2, -0.15) is 0 Å². The average Bonchev–Trinajstić information content (AvgIpc) is 2.67. The molecule has 1 aromatic carbocycles. The predicted molar refractivity (Wildman–Crippen MR) is 82.8 cm³/mol. The summed E-state index contributed by atoms with van der Waals surface area (Å²) in [5.74, 6) is 0. The second-order valence-electron chi connectivity index (χ2n) is 6.56. The first-order valence-electron chi connectivity index (χ1n) is 8.25. The highest BCUT2D eigenvalue weighted by Crippen LogP contribution is 2.34. The van der Waals surface area contributed by atoms with Gasteiger partial charge in [-0.05, 0) is 50.3 Å². The molecule has 1 saturated carbocycles. The molecule has 110 valence electrons. The minimum absolute atomic E-state index is 0.293. The van der Waals surface area contributed by atoms with E-state index in [0.717, 1.165) is 18.4 Å². The van der Waals surface area contributed by atoms with Gasteiger partial charge in [-0.15, -0.1) is 0 Å². The van der Waals surface area contributed by atoms with E-state index in [9.17, 15) is 5.11 Å². The van der Waals surface area contributed by atoms with Crippen LogP contribution in [0.3, 0.4) is 0 Å². The second kappa shape index (κ2) is 6.28. The van der Waals surface area contributed by atoms with Crippen molar-refractivity contribution < 1.29 is 5.11 Å². The van der Waals surface area contributed by atoms with Crippen molar-refractivity contribution in [2.24, 2.45) is 0 Å². The molecule has 0 heterocycles. The number of nitrogens with zero attached hydrogens (tertiary/aromatic N) is 1. The summed E-state index contributed by atoms with van der Waals surface area (Å²) in [7, 11) is 2.23. The lowest BCUT2D eigenvalue weighted by molar-refractivity contribution is 0.0264. The van der Waals surface area contributed by atoms with Gasteiger partial charge >= 0.3 is 0 Å². The van der Waals surface area contributed by atoms with Crippen LogP contribution in [0.5, 0.6) is 0 Å². The van der Waals surface area contributed by atoms with E-state index in [1.165, 1.54) is 44.1 Å². The van der Waals surface area contributed by atoms with Crippen molar-refractivity contribution in [1.29, 1.82) is 0 Å². The van der Waals surface area contributed by atoms with E-state index in [4.69, 9.17) is 0 Å². The van der Waals surface area contributed by atoms with Gasteiger partial charge in [0.05, 0.1) is 6.10 Å². The molecule has 0 amide bonds. The largest absolute Gasteiger partial charge is 0.387 e. The Hall–Kier alpha value is -0.860. The van der Waals surface area contributed by atoms with Gasteiger partial charge < -0.3 is 5.11 Å². The van der Waals surface area contributed by atoms with Crippen molar-refractivity contribution in [2.45, 2.75) is 69.6 Å². The molecule has 0 spiro atoms. The number of aliphatic hydroxyl groups is 1. The lowest BCUT2D eigenvalue weighted by Gasteiger charge is -2.39. The van der Waals surface area contributed by atoms with Crippen LogP contribution < -0.4 is 0 Å². The number of fused-ring (bicyclic) bond motifs is 1. The Morgan fingerprint density at radius 1 is 1.00 bits per heavy atom. The van der Waals surface area contributed by atoms with Gasteiger partial charge in [-0.1, -0.05) is 43.5 Å². The van der Waals surface area contributed by atoms with Crippen LogP contribution in [0, 0.1) is 0 Å². The third-order valence-electron chi connectivity index (χ3n) is 5.36. The molecule has 20 heavy (non-hydrogen) atoms. The molecule has 0 radical (unpaired) electrons. The van der Waals surface area contributed by atoms with Gasteiger partial charge in [-0.25, -0.2) is 0 Å². The topological polar surface area (TPSA) is 23.5 Å². The van der Waals surface area contributed by atoms with Crippen LogP contribution in [0.4, 0.5) is 0 Å². The number of aliphatic hydroxyl groups excluding tert-OH is 1. The molecule has 0 bridgehead atoms. The molecule has 0 aliphatic heterocycles. The lowest BCUT2D eigenvalue weighted by Crippen LogP contribution is -2.44. The third-order valence-corrected chi connectivity index (χ3v) is 5.36. The summed E-state index contributed by atoms with van der Waals surface area (Å²) in [4.78, 5) is 2.49. The van der Waals surface area contributed by atoms with Crippen molar-refractivity contribution in [3.63, 3.8) is 0 Å². The second-order valence-corrected chi connectivity index (χ2v) is 6.56. The molecular formula is C18H27NO. The first kappa shape index (κ1) is 14.1. The maximum Gasteiger partial charge on any atom is 0.0947 e. The molecule has 1 fully saturated rings. The molecule has 0 saturated heterocycles. The van der Waals surface area contributed by atoms with E-state index in [1.54, 1.807) is 0 Å². The van der Waals surface area contributed by atoms with Crippen LogP contribution in [0.1, 0.15) is 62.2 Å². The average molecular weight is 273 g/mol. The fourth-order valence-corrected chi connectivity index (χ4v) is 4.10. The zero-order valence-electron chi connectivity index (χ0n) is 12.6. The maximum atomic E-state index is 10.9. The van der Waals surface area contributed by atoms with Crippen molar-refractivity contribution in [3.05, 3.63) is 35.4 Å². The lowest BCUT2D eigenvalue weighted by atomic mass is 9.91. The molecule has 2 aliphatic rings. The van der Waals surface area contributed by atoms with Crippen molar-refractivity contribution >= 4 is 0 Å². The van der Waals surface area contributed by atoms with Gasteiger partial charge in [0, 0.05) is 12.1 Å². The molecule has 1 aromatic rings. The molecule has 2 nitrogen and oxygen atoms in total. The van der Waals surface area contributed by atoms with E-state index in [1.807, 2.05) is 0 Å². The Kier molecular flexibility index (Phi) is 4.42. The summed E-state index contributed by atoms with van der Waals surface area (Å²) in [6.45, 7) is 0. The third kappa shape index (κ3) is 2.77. The SMILES string of the molecule is CN(C1CCCCC1)C1CCCc2ccccc2C1O. The number of hydrogen-bond donors (Lipinski definition) is 1. The Balaban J connectivity index is 1.79. The zero-order valence-corrected chi connectivity index (χ0v) is 12.6. The molecule has 2 atom stereocenters. The number of benzene rings is 1. The van der Waals surface area contributed by atoms with E-state index in [2.05, 4.69) is 36.2 Å². The molecule has 2 aliphatic carbocycles. The molecule has 1 N–H and O–H groups in total.